The van der Waals surface area contributed by atoms with Gasteiger partial charge >= 0.3 is 5.97 Å². The number of ether oxygens (including phenoxy) is 2. The van der Waals surface area contributed by atoms with Crippen molar-refractivity contribution in [3.8, 4) is 0 Å². The standard InChI is InChI=1S/C13H26N2O3/c1-5-17-13(16)12(14-4)6-7-15-8-10(2)18-11(3)9-15/h10-12,14H,5-9H2,1-4H3/t10-,11+,12?. The van der Waals surface area contributed by atoms with Crippen molar-refractivity contribution in [3.05, 3.63) is 0 Å². The van der Waals surface area contributed by atoms with Gasteiger partial charge in [0.05, 0.1) is 18.8 Å². The normalized spacial score (nSPS) is 26.9. The number of rotatable bonds is 6. The van der Waals surface area contributed by atoms with Gasteiger partial charge in [-0.2, -0.15) is 0 Å². The average Bonchev–Trinajstić information content (AvgIpc) is 2.29. The molecule has 18 heavy (non-hydrogen) atoms. The topological polar surface area (TPSA) is 50.8 Å². The molecule has 0 aromatic heterocycles. The number of esters is 1. The number of hydrogen-bond donors (Lipinski definition) is 1. The number of nitrogens with zero attached hydrogens (tertiary/aromatic N) is 1. The van der Waals surface area contributed by atoms with Gasteiger partial charge in [-0.25, -0.2) is 0 Å². The zero-order chi connectivity index (χ0) is 13.5. The fourth-order valence-corrected chi connectivity index (χ4v) is 2.40. The summed E-state index contributed by atoms with van der Waals surface area (Å²) in [5.41, 5.74) is 0. The molecule has 5 nitrogen and oxygen atoms in total. The van der Waals surface area contributed by atoms with Crippen molar-refractivity contribution in [3.63, 3.8) is 0 Å². The Balaban J connectivity index is 2.35. The highest BCUT2D eigenvalue weighted by atomic mass is 16.5. The van der Waals surface area contributed by atoms with Crippen LogP contribution >= 0.6 is 0 Å². The third-order valence-electron chi connectivity index (χ3n) is 3.15. The predicted octanol–water partition coefficient (Wildman–Crippen LogP) is 0.637. The first-order chi connectivity index (χ1) is 8.56. The molecule has 1 fully saturated rings. The van der Waals surface area contributed by atoms with Gasteiger partial charge < -0.3 is 14.8 Å². The van der Waals surface area contributed by atoms with Crippen LogP contribution in [-0.2, 0) is 14.3 Å². The van der Waals surface area contributed by atoms with Crippen molar-refractivity contribution in [1.29, 1.82) is 0 Å². The first kappa shape index (κ1) is 15.4. The second kappa shape index (κ2) is 7.71. The van der Waals surface area contributed by atoms with E-state index in [-0.39, 0.29) is 24.2 Å². The Bertz CT molecular complexity index is 251. The highest BCUT2D eigenvalue weighted by molar-refractivity contribution is 5.75. The second-order valence-corrected chi connectivity index (χ2v) is 4.90. The van der Waals surface area contributed by atoms with Gasteiger partial charge in [0.15, 0.2) is 0 Å². The van der Waals surface area contributed by atoms with Crippen LogP contribution in [0.2, 0.25) is 0 Å². The van der Waals surface area contributed by atoms with Gasteiger partial charge in [-0.05, 0) is 34.2 Å². The van der Waals surface area contributed by atoms with Crippen molar-refractivity contribution in [2.75, 3.05) is 33.3 Å². The van der Waals surface area contributed by atoms with Gasteiger partial charge in [-0.15, -0.1) is 0 Å². The number of carbonyl (C=O) groups excluding carboxylic acids is 1. The van der Waals surface area contributed by atoms with E-state index in [2.05, 4.69) is 24.1 Å². The van der Waals surface area contributed by atoms with E-state index in [0.717, 1.165) is 26.1 Å². The van der Waals surface area contributed by atoms with Crippen molar-refractivity contribution in [2.24, 2.45) is 0 Å². The maximum Gasteiger partial charge on any atom is 0.323 e. The monoisotopic (exact) mass is 258 g/mol. The molecule has 1 unspecified atom stereocenters. The fraction of sp³-hybridized carbons (Fsp3) is 0.923. The zero-order valence-corrected chi connectivity index (χ0v) is 11.9. The minimum atomic E-state index is -0.210. The molecule has 0 spiro atoms. The highest BCUT2D eigenvalue weighted by Gasteiger charge is 2.24. The molecule has 5 heteroatoms. The lowest BCUT2D eigenvalue weighted by Crippen LogP contribution is -2.47. The third-order valence-corrected chi connectivity index (χ3v) is 3.15. The molecule has 0 amide bonds. The van der Waals surface area contributed by atoms with Gasteiger partial charge in [-0.3, -0.25) is 9.69 Å². The molecule has 0 saturated carbocycles. The number of carbonyl (C=O) groups is 1. The summed E-state index contributed by atoms with van der Waals surface area (Å²) in [4.78, 5) is 14.0. The quantitative estimate of drug-likeness (QED) is 0.708. The number of nitrogens with one attached hydrogen (secondary N) is 1. The Morgan fingerprint density at radius 1 is 1.44 bits per heavy atom. The Labute approximate surface area is 110 Å². The molecule has 1 aliphatic heterocycles. The number of morpholine rings is 1. The molecule has 0 aromatic rings. The molecule has 106 valence electrons. The summed E-state index contributed by atoms with van der Waals surface area (Å²) < 4.78 is 10.7. The van der Waals surface area contributed by atoms with E-state index in [9.17, 15) is 4.79 Å². The van der Waals surface area contributed by atoms with Crippen molar-refractivity contribution < 1.29 is 14.3 Å². The lowest BCUT2D eigenvalue weighted by atomic mass is 10.1. The summed E-state index contributed by atoms with van der Waals surface area (Å²) in [6, 6.07) is -0.210. The Morgan fingerprint density at radius 2 is 2.06 bits per heavy atom. The van der Waals surface area contributed by atoms with Gasteiger partial charge in [0.2, 0.25) is 0 Å². The molecule has 3 atom stereocenters. The molecule has 0 aromatic carbocycles. The second-order valence-electron chi connectivity index (χ2n) is 4.90. The maximum atomic E-state index is 11.6. The van der Waals surface area contributed by atoms with Crippen molar-refractivity contribution in [2.45, 2.75) is 45.4 Å². The van der Waals surface area contributed by atoms with E-state index in [0.29, 0.717) is 6.61 Å². The van der Waals surface area contributed by atoms with E-state index in [1.165, 1.54) is 0 Å². The van der Waals surface area contributed by atoms with Crippen LogP contribution in [0.5, 0.6) is 0 Å². The van der Waals surface area contributed by atoms with Crippen LogP contribution in [0, 0.1) is 0 Å². The first-order valence-corrected chi connectivity index (χ1v) is 6.78. The van der Waals surface area contributed by atoms with Crippen LogP contribution in [0.3, 0.4) is 0 Å². The number of hydrogen-bond acceptors (Lipinski definition) is 5. The Morgan fingerprint density at radius 3 is 2.56 bits per heavy atom. The van der Waals surface area contributed by atoms with Crippen LogP contribution in [0.25, 0.3) is 0 Å². The van der Waals surface area contributed by atoms with Crippen LogP contribution in [0.1, 0.15) is 27.2 Å². The molecule has 0 aliphatic carbocycles. The summed E-state index contributed by atoms with van der Waals surface area (Å²) in [7, 11) is 1.80. The largest absolute Gasteiger partial charge is 0.465 e. The summed E-state index contributed by atoms with van der Waals surface area (Å²) in [6.07, 6.45) is 1.31. The van der Waals surface area contributed by atoms with Crippen molar-refractivity contribution >= 4 is 5.97 Å². The molecule has 1 rings (SSSR count). The van der Waals surface area contributed by atoms with Crippen LogP contribution < -0.4 is 5.32 Å². The molecular formula is C13H26N2O3. The average molecular weight is 258 g/mol. The summed E-state index contributed by atoms with van der Waals surface area (Å²) >= 11 is 0. The summed E-state index contributed by atoms with van der Waals surface area (Å²) in [5, 5.41) is 3.02. The molecule has 1 heterocycles. The molecule has 1 aliphatic rings. The lowest BCUT2D eigenvalue weighted by molar-refractivity contribution is -0.145. The minimum absolute atomic E-state index is 0.158. The minimum Gasteiger partial charge on any atom is -0.465 e. The molecule has 0 radical (unpaired) electrons. The zero-order valence-electron chi connectivity index (χ0n) is 11.9. The Hall–Kier alpha value is -0.650. The molecule has 0 bridgehead atoms. The van der Waals surface area contributed by atoms with E-state index < -0.39 is 0 Å². The van der Waals surface area contributed by atoms with Gasteiger partial charge in [0.1, 0.15) is 6.04 Å². The lowest BCUT2D eigenvalue weighted by Gasteiger charge is -2.35. The van der Waals surface area contributed by atoms with Crippen LogP contribution in [-0.4, -0.2) is 62.4 Å². The van der Waals surface area contributed by atoms with Crippen molar-refractivity contribution in [1.82, 2.24) is 10.2 Å². The maximum absolute atomic E-state index is 11.6. The van der Waals surface area contributed by atoms with Crippen LogP contribution in [0.15, 0.2) is 0 Å². The van der Waals surface area contributed by atoms with Gasteiger partial charge in [0.25, 0.3) is 0 Å². The van der Waals surface area contributed by atoms with E-state index in [1.807, 2.05) is 6.92 Å². The SMILES string of the molecule is CCOC(=O)C(CCN1C[C@@H](C)O[C@@H](C)C1)NC. The van der Waals surface area contributed by atoms with Gasteiger partial charge in [0, 0.05) is 19.6 Å². The van der Waals surface area contributed by atoms with E-state index >= 15 is 0 Å². The Kier molecular flexibility index (Phi) is 6.60. The molecule has 1 saturated heterocycles. The number of likely N-dealkylation sites (N-methyl/N-ethyl adjacent to an activating group) is 1. The van der Waals surface area contributed by atoms with Crippen LogP contribution in [0.4, 0.5) is 0 Å². The smallest absolute Gasteiger partial charge is 0.323 e. The molecule has 1 N–H and O–H groups in total. The highest BCUT2D eigenvalue weighted by Crippen LogP contribution is 2.11. The van der Waals surface area contributed by atoms with E-state index in [1.54, 1.807) is 7.05 Å². The molecular weight excluding hydrogens is 232 g/mol. The summed E-state index contributed by atoms with van der Waals surface area (Å²) in [6.45, 7) is 9.20. The third kappa shape index (κ3) is 4.92. The van der Waals surface area contributed by atoms with E-state index in [4.69, 9.17) is 9.47 Å². The predicted molar refractivity (Wildman–Crippen MR) is 70.5 cm³/mol. The van der Waals surface area contributed by atoms with Gasteiger partial charge in [-0.1, -0.05) is 0 Å². The fourth-order valence-electron chi connectivity index (χ4n) is 2.40. The first-order valence-electron chi connectivity index (χ1n) is 6.78. The summed E-state index contributed by atoms with van der Waals surface area (Å²) in [5.74, 6) is -0.158.